The Bertz CT molecular complexity index is 570. The number of alkyl halides is 1. The molecule has 1 aromatic heterocycles. The number of halogens is 2. The van der Waals surface area contributed by atoms with Crippen molar-refractivity contribution in [3.05, 3.63) is 50.6 Å². The van der Waals surface area contributed by atoms with Crippen LogP contribution in [0.1, 0.15) is 15.2 Å². The van der Waals surface area contributed by atoms with E-state index in [0.29, 0.717) is 16.1 Å². The molecule has 0 aliphatic heterocycles. The predicted molar refractivity (Wildman–Crippen MR) is 76.0 cm³/mol. The lowest BCUT2D eigenvalue weighted by Crippen LogP contribution is -2.25. The van der Waals surface area contributed by atoms with Crippen molar-refractivity contribution in [2.45, 2.75) is 6.67 Å². The van der Waals surface area contributed by atoms with Crippen LogP contribution in [0.15, 0.2) is 40.2 Å². The summed E-state index contributed by atoms with van der Waals surface area (Å²) in [5.41, 5.74) is 1.26. The van der Waals surface area contributed by atoms with Crippen molar-refractivity contribution >= 4 is 38.9 Å². The van der Waals surface area contributed by atoms with Gasteiger partial charge in [0.2, 0.25) is 0 Å². The van der Waals surface area contributed by atoms with Gasteiger partial charge in [0.25, 0.3) is 5.91 Å². The normalized spacial score (nSPS) is 10.4. The van der Waals surface area contributed by atoms with Gasteiger partial charge in [-0.15, -0.1) is 11.3 Å². The third-order valence-corrected chi connectivity index (χ3v) is 4.15. The molecule has 0 fully saturated rings. The quantitative estimate of drug-likeness (QED) is 0.824. The molecule has 0 unspecified atom stereocenters. The Morgan fingerprint density at radius 3 is 2.78 bits per heavy atom. The fraction of sp³-hybridized carbons (Fsp3) is 0.154. The van der Waals surface area contributed by atoms with Crippen LogP contribution >= 0.6 is 27.3 Å². The smallest absolute Gasteiger partial charge is 0.268 e. The van der Waals surface area contributed by atoms with Gasteiger partial charge in [-0.3, -0.25) is 4.79 Å². The van der Waals surface area contributed by atoms with Crippen LogP contribution in [0.2, 0.25) is 0 Å². The summed E-state index contributed by atoms with van der Waals surface area (Å²) in [6, 6.07) is 10.5. The molecule has 0 spiro atoms. The Morgan fingerprint density at radius 2 is 2.17 bits per heavy atom. The summed E-state index contributed by atoms with van der Waals surface area (Å²) in [4.78, 5) is 14.4. The number of benzene rings is 1. The molecule has 1 aromatic carbocycles. The summed E-state index contributed by atoms with van der Waals surface area (Å²) in [5.74, 6) is -0.0956. The first-order valence-corrected chi connectivity index (χ1v) is 6.91. The molecule has 5 heteroatoms. The molecule has 1 heterocycles. The summed E-state index contributed by atoms with van der Waals surface area (Å²) in [6.45, 7) is -0.527. The van der Waals surface area contributed by atoms with Gasteiger partial charge in [0.1, 0.15) is 6.67 Å². The molecule has 0 saturated heterocycles. The lowest BCUT2D eigenvalue weighted by molar-refractivity contribution is 0.0997. The molecule has 94 valence electrons. The van der Waals surface area contributed by atoms with Gasteiger partial charge in [-0.2, -0.15) is 0 Å². The summed E-state index contributed by atoms with van der Waals surface area (Å²) >= 11 is 4.71. The van der Waals surface area contributed by atoms with Crippen LogP contribution in [-0.4, -0.2) is 13.0 Å². The molecule has 2 aromatic rings. The highest BCUT2D eigenvalue weighted by atomic mass is 79.9. The molecule has 0 radical (unpaired) electrons. The highest BCUT2D eigenvalue weighted by molar-refractivity contribution is 9.11. The summed E-state index contributed by atoms with van der Waals surface area (Å²) in [6.07, 6.45) is 0. The Hall–Kier alpha value is -1.20. The Kier molecular flexibility index (Phi) is 4.14. The molecule has 0 atom stereocenters. The van der Waals surface area contributed by atoms with Gasteiger partial charge >= 0.3 is 0 Å². The monoisotopic (exact) mass is 327 g/mol. The van der Waals surface area contributed by atoms with Crippen molar-refractivity contribution in [1.29, 1.82) is 0 Å². The Balaban J connectivity index is 2.25. The summed E-state index contributed by atoms with van der Waals surface area (Å²) < 4.78 is 13.5. The van der Waals surface area contributed by atoms with Crippen molar-refractivity contribution in [3.63, 3.8) is 0 Å². The van der Waals surface area contributed by atoms with Crippen LogP contribution in [-0.2, 0) is 6.67 Å². The first-order chi connectivity index (χ1) is 8.61. The zero-order valence-electron chi connectivity index (χ0n) is 9.69. The molecule has 2 nitrogen and oxygen atoms in total. The van der Waals surface area contributed by atoms with Crippen molar-refractivity contribution < 1.29 is 9.18 Å². The fourth-order valence-corrected chi connectivity index (χ4v) is 2.92. The van der Waals surface area contributed by atoms with Crippen molar-refractivity contribution in [1.82, 2.24) is 0 Å². The number of thiophene rings is 1. The van der Waals surface area contributed by atoms with E-state index >= 15 is 0 Å². The molecule has 0 aliphatic rings. The number of rotatable bonds is 3. The standard InChI is InChI=1S/C13H11BrFNOS/c1-16(10-4-2-3-9(7-10)8-15)13(17)11-5-6-12(14)18-11/h2-7H,8H2,1H3. The predicted octanol–water partition coefficient (Wildman–Crippen LogP) is 4.26. The largest absolute Gasteiger partial charge is 0.311 e. The van der Waals surface area contributed by atoms with Crippen LogP contribution in [0.3, 0.4) is 0 Å². The van der Waals surface area contributed by atoms with Gasteiger partial charge < -0.3 is 4.90 Å². The van der Waals surface area contributed by atoms with E-state index in [4.69, 9.17) is 0 Å². The third-order valence-electron chi connectivity index (χ3n) is 2.54. The number of carbonyl (C=O) groups excluding carboxylic acids is 1. The van der Waals surface area contributed by atoms with Crippen molar-refractivity contribution in [3.8, 4) is 0 Å². The van der Waals surface area contributed by atoms with Crippen molar-refractivity contribution in [2.24, 2.45) is 0 Å². The molecule has 2 rings (SSSR count). The molecule has 0 aliphatic carbocycles. The minimum absolute atomic E-state index is 0.0956. The summed E-state index contributed by atoms with van der Waals surface area (Å²) in [5, 5.41) is 0. The first-order valence-electron chi connectivity index (χ1n) is 5.30. The van der Waals surface area contributed by atoms with E-state index in [0.717, 1.165) is 3.79 Å². The zero-order valence-corrected chi connectivity index (χ0v) is 12.1. The highest BCUT2D eigenvalue weighted by Gasteiger charge is 2.15. The van der Waals surface area contributed by atoms with E-state index < -0.39 is 6.67 Å². The van der Waals surface area contributed by atoms with Gasteiger partial charge in [-0.25, -0.2) is 4.39 Å². The zero-order chi connectivity index (χ0) is 13.1. The second-order valence-electron chi connectivity index (χ2n) is 3.77. The van der Waals surface area contributed by atoms with E-state index in [2.05, 4.69) is 15.9 Å². The number of anilines is 1. The molecular formula is C13H11BrFNOS. The minimum atomic E-state index is -0.527. The van der Waals surface area contributed by atoms with Gasteiger partial charge in [0.05, 0.1) is 8.66 Å². The molecular weight excluding hydrogens is 317 g/mol. The number of nitrogens with zero attached hydrogens (tertiary/aromatic N) is 1. The van der Waals surface area contributed by atoms with Gasteiger partial charge in [0.15, 0.2) is 0 Å². The number of hydrogen-bond acceptors (Lipinski definition) is 2. The average Bonchev–Trinajstić information content (AvgIpc) is 2.83. The maximum absolute atomic E-state index is 12.6. The molecule has 0 saturated carbocycles. The van der Waals surface area contributed by atoms with E-state index in [-0.39, 0.29) is 5.91 Å². The minimum Gasteiger partial charge on any atom is -0.311 e. The first kappa shape index (κ1) is 13.2. The average molecular weight is 328 g/mol. The topological polar surface area (TPSA) is 20.3 Å². The van der Waals surface area contributed by atoms with Gasteiger partial charge in [-0.05, 0) is 45.8 Å². The van der Waals surface area contributed by atoms with Gasteiger partial charge in [0, 0.05) is 12.7 Å². The lowest BCUT2D eigenvalue weighted by Gasteiger charge is -2.16. The van der Waals surface area contributed by atoms with Gasteiger partial charge in [-0.1, -0.05) is 12.1 Å². The van der Waals surface area contributed by atoms with Crippen LogP contribution in [0.4, 0.5) is 10.1 Å². The summed E-state index contributed by atoms with van der Waals surface area (Å²) in [7, 11) is 1.69. The lowest BCUT2D eigenvalue weighted by atomic mass is 10.2. The van der Waals surface area contributed by atoms with Crippen LogP contribution in [0, 0.1) is 0 Å². The van der Waals surface area contributed by atoms with Crippen LogP contribution in [0.25, 0.3) is 0 Å². The maximum atomic E-state index is 12.6. The molecule has 1 amide bonds. The molecule has 0 bridgehead atoms. The fourth-order valence-electron chi connectivity index (χ4n) is 1.56. The van der Waals surface area contributed by atoms with Crippen molar-refractivity contribution in [2.75, 3.05) is 11.9 Å². The number of amides is 1. The second-order valence-corrected chi connectivity index (χ2v) is 6.23. The third kappa shape index (κ3) is 2.79. The molecule has 0 N–H and O–H groups in total. The highest BCUT2D eigenvalue weighted by Crippen LogP contribution is 2.25. The maximum Gasteiger partial charge on any atom is 0.268 e. The Morgan fingerprint density at radius 1 is 1.39 bits per heavy atom. The van der Waals surface area contributed by atoms with E-state index in [1.54, 1.807) is 37.4 Å². The number of hydrogen-bond donors (Lipinski definition) is 0. The van der Waals surface area contributed by atoms with Crippen LogP contribution in [0.5, 0.6) is 0 Å². The second kappa shape index (κ2) is 5.63. The van der Waals surface area contributed by atoms with E-state index in [9.17, 15) is 9.18 Å². The Labute approximate surface area is 117 Å². The van der Waals surface area contributed by atoms with Crippen LogP contribution < -0.4 is 4.90 Å². The number of carbonyl (C=O) groups is 1. The SMILES string of the molecule is CN(C(=O)c1ccc(Br)s1)c1cccc(CF)c1. The van der Waals surface area contributed by atoms with E-state index in [1.807, 2.05) is 6.07 Å². The molecule has 18 heavy (non-hydrogen) atoms. The van der Waals surface area contributed by atoms with E-state index in [1.165, 1.54) is 16.2 Å².